The first-order chi connectivity index (χ1) is 10.1. The van der Waals surface area contributed by atoms with Gasteiger partial charge in [0.1, 0.15) is 5.01 Å². The van der Waals surface area contributed by atoms with Gasteiger partial charge in [0, 0.05) is 10.9 Å². The molecule has 110 valence electrons. The van der Waals surface area contributed by atoms with Crippen molar-refractivity contribution >= 4 is 21.4 Å². The van der Waals surface area contributed by atoms with Crippen LogP contribution < -0.4 is 4.72 Å². The van der Waals surface area contributed by atoms with E-state index in [1.807, 2.05) is 35.7 Å². The molecule has 5 nitrogen and oxygen atoms in total. The summed E-state index contributed by atoms with van der Waals surface area (Å²) >= 11 is 1.46. The van der Waals surface area contributed by atoms with E-state index < -0.39 is 15.3 Å². The molecule has 1 unspecified atom stereocenters. The van der Waals surface area contributed by atoms with Crippen LogP contribution in [0, 0.1) is 11.3 Å². The zero-order chi connectivity index (χ0) is 15.3. The molecule has 21 heavy (non-hydrogen) atoms. The molecule has 0 aliphatic carbocycles. The SMILES string of the molecule is CCC(C#N)S(=O)(=O)NCc1csc(-c2ccccc2)n1. The standard InChI is InChI=1S/C14H15N3O2S2/c1-2-13(8-15)21(18,19)16-9-12-10-20-14(17-12)11-6-4-3-5-7-11/h3-7,10,13,16H,2,9H2,1H3. The molecule has 0 aliphatic heterocycles. The predicted molar refractivity (Wildman–Crippen MR) is 83.0 cm³/mol. The second kappa shape index (κ2) is 6.80. The molecular formula is C14H15N3O2S2. The maximum Gasteiger partial charge on any atom is 0.228 e. The highest BCUT2D eigenvalue weighted by Gasteiger charge is 2.23. The minimum absolute atomic E-state index is 0.101. The fourth-order valence-corrected chi connectivity index (χ4v) is 3.71. The van der Waals surface area contributed by atoms with E-state index in [4.69, 9.17) is 5.26 Å². The number of benzene rings is 1. The average Bonchev–Trinajstić information content (AvgIpc) is 2.96. The first kappa shape index (κ1) is 15.6. The number of hydrogen-bond donors (Lipinski definition) is 1. The highest BCUT2D eigenvalue weighted by Crippen LogP contribution is 2.23. The van der Waals surface area contributed by atoms with Crippen LogP contribution in [0.5, 0.6) is 0 Å². The summed E-state index contributed by atoms with van der Waals surface area (Å²) in [4.78, 5) is 4.40. The molecule has 0 fully saturated rings. The van der Waals surface area contributed by atoms with Gasteiger partial charge in [0.25, 0.3) is 0 Å². The van der Waals surface area contributed by atoms with Crippen LogP contribution >= 0.6 is 11.3 Å². The Bertz CT molecular complexity index is 733. The predicted octanol–water partition coefficient (Wildman–Crippen LogP) is 2.53. The number of nitriles is 1. The van der Waals surface area contributed by atoms with E-state index in [9.17, 15) is 8.42 Å². The topological polar surface area (TPSA) is 82.8 Å². The zero-order valence-electron chi connectivity index (χ0n) is 11.5. The maximum atomic E-state index is 11.9. The van der Waals surface area contributed by atoms with Gasteiger partial charge in [-0.25, -0.2) is 18.1 Å². The Morgan fingerprint density at radius 1 is 1.38 bits per heavy atom. The Balaban J connectivity index is 2.06. The minimum atomic E-state index is -3.62. The van der Waals surface area contributed by atoms with Gasteiger partial charge < -0.3 is 0 Å². The molecule has 2 aromatic rings. The number of nitrogens with zero attached hydrogens (tertiary/aromatic N) is 2. The van der Waals surface area contributed by atoms with Crippen molar-refractivity contribution in [1.82, 2.24) is 9.71 Å². The fourth-order valence-electron chi connectivity index (χ4n) is 1.76. The molecule has 2 rings (SSSR count). The molecule has 0 saturated heterocycles. The van der Waals surface area contributed by atoms with E-state index in [1.54, 1.807) is 13.0 Å². The van der Waals surface area contributed by atoms with E-state index in [0.29, 0.717) is 5.69 Å². The van der Waals surface area contributed by atoms with Crippen LogP contribution in [0.2, 0.25) is 0 Å². The number of rotatable bonds is 6. The highest BCUT2D eigenvalue weighted by molar-refractivity contribution is 7.90. The summed E-state index contributed by atoms with van der Waals surface area (Å²) in [5.74, 6) is 0. The van der Waals surface area contributed by atoms with Gasteiger partial charge in [0.05, 0.1) is 18.3 Å². The van der Waals surface area contributed by atoms with Crippen molar-refractivity contribution in [2.24, 2.45) is 0 Å². The van der Waals surface area contributed by atoms with Crippen molar-refractivity contribution < 1.29 is 8.42 Å². The zero-order valence-corrected chi connectivity index (χ0v) is 13.1. The van der Waals surface area contributed by atoms with Crippen molar-refractivity contribution in [3.8, 4) is 16.6 Å². The number of hydrogen-bond acceptors (Lipinski definition) is 5. The molecule has 0 radical (unpaired) electrons. The monoisotopic (exact) mass is 321 g/mol. The van der Waals surface area contributed by atoms with Gasteiger partial charge in [0.15, 0.2) is 5.25 Å². The van der Waals surface area contributed by atoms with E-state index in [2.05, 4.69) is 9.71 Å². The lowest BCUT2D eigenvalue weighted by molar-refractivity contribution is 0.571. The van der Waals surface area contributed by atoms with Gasteiger partial charge >= 0.3 is 0 Å². The van der Waals surface area contributed by atoms with Crippen molar-refractivity contribution in [3.63, 3.8) is 0 Å². The second-order valence-electron chi connectivity index (χ2n) is 4.40. The van der Waals surface area contributed by atoms with E-state index in [-0.39, 0.29) is 13.0 Å². The third-order valence-electron chi connectivity index (χ3n) is 2.92. The van der Waals surface area contributed by atoms with Gasteiger partial charge in [-0.2, -0.15) is 5.26 Å². The molecule has 7 heteroatoms. The van der Waals surface area contributed by atoms with E-state index in [0.717, 1.165) is 10.6 Å². The van der Waals surface area contributed by atoms with Gasteiger partial charge in [-0.3, -0.25) is 0 Å². The Labute approximate surface area is 128 Å². The third-order valence-corrected chi connectivity index (χ3v) is 5.59. The Hall–Kier alpha value is -1.75. The summed E-state index contributed by atoms with van der Waals surface area (Å²) in [5.41, 5.74) is 1.65. The molecule has 0 amide bonds. The highest BCUT2D eigenvalue weighted by atomic mass is 32.2. The molecule has 0 spiro atoms. The Morgan fingerprint density at radius 3 is 2.71 bits per heavy atom. The molecule has 1 heterocycles. The van der Waals surface area contributed by atoms with E-state index in [1.165, 1.54) is 11.3 Å². The summed E-state index contributed by atoms with van der Waals surface area (Å²) in [6, 6.07) is 11.5. The summed E-state index contributed by atoms with van der Waals surface area (Å²) in [7, 11) is -3.62. The average molecular weight is 321 g/mol. The summed E-state index contributed by atoms with van der Waals surface area (Å²) in [5, 5.41) is 10.5. The van der Waals surface area contributed by atoms with Gasteiger partial charge in [0.2, 0.25) is 10.0 Å². The van der Waals surface area contributed by atoms with Gasteiger partial charge in [-0.1, -0.05) is 37.3 Å². The summed E-state index contributed by atoms with van der Waals surface area (Å²) in [6.45, 7) is 1.77. The summed E-state index contributed by atoms with van der Waals surface area (Å²) < 4.78 is 26.2. The van der Waals surface area contributed by atoms with Crippen LogP contribution in [0.25, 0.3) is 10.6 Å². The number of sulfonamides is 1. The Kier molecular flexibility index (Phi) is 5.07. The molecule has 0 saturated carbocycles. The lowest BCUT2D eigenvalue weighted by Gasteiger charge is -2.08. The van der Waals surface area contributed by atoms with Crippen LogP contribution in [0.15, 0.2) is 35.7 Å². The third kappa shape index (κ3) is 3.88. The lowest BCUT2D eigenvalue weighted by atomic mass is 10.2. The first-order valence-corrected chi connectivity index (χ1v) is 8.87. The maximum absolute atomic E-state index is 11.9. The first-order valence-electron chi connectivity index (χ1n) is 6.44. The molecule has 0 aliphatic rings. The van der Waals surface area contributed by atoms with Crippen LogP contribution in [-0.4, -0.2) is 18.7 Å². The smallest absolute Gasteiger partial charge is 0.228 e. The van der Waals surface area contributed by atoms with Crippen LogP contribution in [0.3, 0.4) is 0 Å². The van der Waals surface area contributed by atoms with Gasteiger partial charge in [-0.15, -0.1) is 11.3 Å². The van der Waals surface area contributed by atoms with Crippen LogP contribution in [-0.2, 0) is 16.6 Å². The van der Waals surface area contributed by atoms with Gasteiger partial charge in [-0.05, 0) is 6.42 Å². The largest absolute Gasteiger partial charge is 0.240 e. The number of thiazole rings is 1. The Morgan fingerprint density at radius 2 is 2.10 bits per heavy atom. The molecular weight excluding hydrogens is 306 g/mol. The van der Waals surface area contributed by atoms with Crippen molar-refractivity contribution in [2.45, 2.75) is 25.1 Å². The summed E-state index contributed by atoms with van der Waals surface area (Å²) in [6.07, 6.45) is 0.262. The van der Waals surface area contributed by atoms with Crippen LogP contribution in [0.1, 0.15) is 19.0 Å². The molecule has 1 aromatic heterocycles. The second-order valence-corrected chi connectivity index (χ2v) is 7.21. The van der Waals surface area contributed by atoms with Crippen molar-refractivity contribution in [1.29, 1.82) is 5.26 Å². The van der Waals surface area contributed by atoms with Crippen LogP contribution in [0.4, 0.5) is 0 Å². The van der Waals surface area contributed by atoms with Crippen molar-refractivity contribution in [2.75, 3.05) is 0 Å². The molecule has 1 atom stereocenters. The quantitative estimate of drug-likeness (QED) is 0.886. The van der Waals surface area contributed by atoms with E-state index >= 15 is 0 Å². The molecule has 1 aromatic carbocycles. The normalized spacial score (nSPS) is 12.8. The molecule has 1 N–H and O–H groups in total. The fraction of sp³-hybridized carbons (Fsp3) is 0.286. The molecule has 0 bridgehead atoms. The van der Waals surface area contributed by atoms with Crippen molar-refractivity contribution in [3.05, 3.63) is 41.4 Å². The number of aromatic nitrogens is 1. The minimum Gasteiger partial charge on any atom is -0.240 e. The number of nitrogens with one attached hydrogen (secondary N) is 1. The lowest BCUT2D eigenvalue weighted by Crippen LogP contribution is -2.32.